The number of carbonyl (C=O) groups is 2. The number of nitrogens with zero attached hydrogens (tertiary/aromatic N) is 2. The smallest absolute Gasteiger partial charge is 0.301 e. The van der Waals surface area contributed by atoms with Crippen molar-refractivity contribution >= 4 is 55.7 Å². The molecule has 0 aliphatic carbocycles. The van der Waals surface area contributed by atoms with E-state index < -0.39 is 17.7 Å². The van der Waals surface area contributed by atoms with E-state index in [1.807, 2.05) is 24.3 Å². The zero-order valence-corrected chi connectivity index (χ0v) is 19.3. The molecule has 170 valence electrons. The van der Waals surface area contributed by atoms with E-state index in [1.54, 1.807) is 30.3 Å². The molecule has 0 saturated carbocycles. The average Bonchev–Trinajstić information content (AvgIpc) is 3.38. The van der Waals surface area contributed by atoms with Crippen molar-refractivity contribution in [1.29, 1.82) is 0 Å². The minimum absolute atomic E-state index is 0.0964. The number of para-hydroxylation sites is 1. The molecule has 1 aromatic heterocycles. The van der Waals surface area contributed by atoms with Crippen LogP contribution in [0.2, 0.25) is 5.02 Å². The number of rotatable bonds is 4. The van der Waals surface area contributed by atoms with Crippen molar-refractivity contribution in [2.45, 2.75) is 6.04 Å². The van der Waals surface area contributed by atoms with Gasteiger partial charge in [-0.25, -0.2) is 4.98 Å². The number of phenols is 1. The number of aromatic nitrogens is 1. The molecule has 1 saturated heterocycles. The van der Waals surface area contributed by atoms with E-state index in [2.05, 4.69) is 4.98 Å². The molecule has 5 rings (SSSR count). The molecule has 2 N–H and O–H groups in total. The van der Waals surface area contributed by atoms with E-state index in [0.717, 1.165) is 4.70 Å². The largest absolute Gasteiger partial charge is 0.507 e. The molecule has 4 aromatic rings. The van der Waals surface area contributed by atoms with Gasteiger partial charge in [0.05, 0.1) is 28.9 Å². The Labute approximate surface area is 203 Å². The van der Waals surface area contributed by atoms with Crippen LogP contribution in [-0.4, -0.2) is 34.0 Å². The molecule has 1 aliphatic rings. The number of ether oxygens (including phenoxy) is 1. The van der Waals surface area contributed by atoms with E-state index in [4.69, 9.17) is 16.3 Å². The number of anilines is 1. The highest BCUT2D eigenvalue weighted by Gasteiger charge is 2.48. The summed E-state index contributed by atoms with van der Waals surface area (Å²) in [6, 6.07) is 17.2. The van der Waals surface area contributed by atoms with Gasteiger partial charge in [-0.1, -0.05) is 41.1 Å². The number of hydrogen-bond donors (Lipinski definition) is 2. The first-order valence-electron chi connectivity index (χ1n) is 10.2. The predicted molar refractivity (Wildman–Crippen MR) is 131 cm³/mol. The maximum atomic E-state index is 13.3. The number of methoxy groups -OCH3 is 1. The van der Waals surface area contributed by atoms with E-state index in [9.17, 15) is 19.8 Å². The lowest BCUT2D eigenvalue weighted by molar-refractivity contribution is -0.132. The lowest BCUT2D eigenvalue weighted by atomic mass is 9.95. The Balaban J connectivity index is 1.75. The fourth-order valence-electron chi connectivity index (χ4n) is 3.94. The van der Waals surface area contributed by atoms with Gasteiger partial charge in [0.2, 0.25) is 0 Å². The Kier molecular flexibility index (Phi) is 5.47. The third kappa shape index (κ3) is 3.57. The molecule has 0 spiro atoms. The number of ketones is 1. The van der Waals surface area contributed by atoms with Crippen LogP contribution in [0.15, 0.2) is 72.3 Å². The molecule has 0 bridgehead atoms. The van der Waals surface area contributed by atoms with E-state index in [-0.39, 0.29) is 22.8 Å². The van der Waals surface area contributed by atoms with E-state index >= 15 is 0 Å². The molecule has 1 amide bonds. The van der Waals surface area contributed by atoms with Gasteiger partial charge in [0, 0.05) is 10.6 Å². The molecule has 1 atom stereocenters. The van der Waals surface area contributed by atoms with Crippen LogP contribution in [0, 0.1) is 0 Å². The topological polar surface area (TPSA) is 100.0 Å². The fourth-order valence-corrected chi connectivity index (χ4v) is 5.05. The summed E-state index contributed by atoms with van der Waals surface area (Å²) in [5, 5.41) is 22.0. The maximum Gasteiger partial charge on any atom is 0.301 e. The number of amides is 1. The van der Waals surface area contributed by atoms with Crippen molar-refractivity contribution in [1.82, 2.24) is 4.98 Å². The molecule has 0 radical (unpaired) electrons. The van der Waals surface area contributed by atoms with Gasteiger partial charge in [0.15, 0.2) is 16.6 Å². The predicted octanol–water partition coefficient (Wildman–Crippen LogP) is 5.29. The summed E-state index contributed by atoms with van der Waals surface area (Å²) in [7, 11) is 1.40. The highest BCUT2D eigenvalue weighted by molar-refractivity contribution is 7.22. The molecule has 3 aromatic carbocycles. The summed E-state index contributed by atoms with van der Waals surface area (Å²) >= 11 is 7.23. The Hall–Kier alpha value is -3.88. The number of hydrogen-bond acceptors (Lipinski definition) is 7. The maximum absolute atomic E-state index is 13.3. The van der Waals surface area contributed by atoms with Gasteiger partial charge in [-0.05, 0) is 54.1 Å². The number of phenolic OH excluding ortho intramolecular Hbond substituents is 1. The number of aliphatic hydroxyl groups excluding tert-OH is 1. The molecule has 7 nitrogen and oxygen atoms in total. The van der Waals surface area contributed by atoms with Crippen LogP contribution < -0.4 is 9.64 Å². The second-order valence-electron chi connectivity index (χ2n) is 7.57. The van der Waals surface area contributed by atoms with Crippen LogP contribution in [0.1, 0.15) is 17.2 Å². The van der Waals surface area contributed by atoms with Crippen LogP contribution in [0.3, 0.4) is 0 Å². The minimum atomic E-state index is -0.995. The summed E-state index contributed by atoms with van der Waals surface area (Å²) < 4.78 is 6.08. The lowest BCUT2D eigenvalue weighted by Crippen LogP contribution is -2.29. The van der Waals surface area contributed by atoms with E-state index in [0.29, 0.717) is 26.8 Å². The third-order valence-electron chi connectivity index (χ3n) is 5.57. The summed E-state index contributed by atoms with van der Waals surface area (Å²) in [6.45, 7) is 0. The molecule has 1 aliphatic heterocycles. The van der Waals surface area contributed by atoms with Crippen molar-refractivity contribution in [3.8, 4) is 11.5 Å². The van der Waals surface area contributed by atoms with E-state index in [1.165, 1.54) is 35.5 Å². The van der Waals surface area contributed by atoms with Crippen LogP contribution in [-0.2, 0) is 9.59 Å². The Morgan fingerprint density at radius 3 is 2.53 bits per heavy atom. The second-order valence-corrected chi connectivity index (χ2v) is 9.02. The minimum Gasteiger partial charge on any atom is -0.507 e. The number of aromatic hydroxyl groups is 1. The number of carbonyl (C=O) groups excluding carboxylic acids is 2. The standard InChI is InChI=1S/C25H17ClN2O5S/c1-33-18-12-14(8-11-17(18)29)21-20(22(30)13-6-9-15(26)10-7-13)23(31)24(32)28(21)25-27-16-4-2-3-5-19(16)34-25/h2-12,21,29-30H,1H3/b22-20-. The normalized spacial score (nSPS) is 17.5. The number of Topliss-reactive ketones (excluding diaryl/α,β-unsaturated/α-hetero) is 1. The van der Waals surface area contributed by atoms with Gasteiger partial charge in [-0.3, -0.25) is 14.5 Å². The molecule has 1 unspecified atom stereocenters. The van der Waals surface area contributed by atoms with Gasteiger partial charge in [-0.15, -0.1) is 0 Å². The van der Waals surface area contributed by atoms with Crippen molar-refractivity contribution < 1.29 is 24.5 Å². The van der Waals surface area contributed by atoms with Crippen LogP contribution in [0.5, 0.6) is 11.5 Å². The summed E-state index contributed by atoms with van der Waals surface area (Å²) in [5.41, 5.74) is 1.38. The number of halogens is 1. The quantitative estimate of drug-likeness (QED) is 0.228. The molecule has 1 fully saturated rings. The zero-order valence-electron chi connectivity index (χ0n) is 17.7. The fraction of sp³-hybridized carbons (Fsp3) is 0.0800. The number of thiazole rings is 1. The molecular formula is C25H17ClN2O5S. The number of fused-ring (bicyclic) bond motifs is 1. The Morgan fingerprint density at radius 1 is 1.09 bits per heavy atom. The van der Waals surface area contributed by atoms with Crippen LogP contribution in [0.4, 0.5) is 5.13 Å². The van der Waals surface area contributed by atoms with Gasteiger partial charge in [-0.2, -0.15) is 0 Å². The van der Waals surface area contributed by atoms with Gasteiger partial charge in [0.1, 0.15) is 5.76 Å². The lowest BCUT2D eigenvalue weighted by Gasteiger charge is -2.23. The van der Waals surface area contributed by atoms with Crippen molar-refractivity contribution in [2.24, 2.45) is 0 Å². The summed E-state index contributed by atoms with van der Waals surface area (Å²) in [5.74, 6) is -1.93. The summed E-state index contributed by atoms with van der Waals surface area (Å²) in [6.07, 6.45) is 0. The molecular weight excluding hydrogens is 476 g/mol. The van der Waals surface area contributed by atoms with Gasteiger partial charge >= 0.3 is 5.91 Å². The number of aliphatic hydroxyl groups is 1. The zero-order chi connectivity index (χ0) is 24.0. The first kappa shape index (κ1) is 21.9. The Morgan fingerprint density at radius 2 is 1.82 bits per heavy atom. The van der Waals surface area contributed by atoms with Gasteiger partial charge in [0.25, 0.3) is 5.78 Å². The van der Waals surface area contributed by atoms with Crippen molar-refractivity contribution in [3.63, 3.8) is 0 Å². The van der Waals surface area contributed by atoms with Crippen molar-refractivity contribution in [3.05, 3.63) is 88.5 Å². The first-order valence-corrected chi connectivity index (χ1v) is 11.4. The third-order valence-corrected chi connectivity index (χ3v) is 6.86. The monoisotopic (exact) mass is 492 g/mol. The first-order chi connectivity index (χ1) is 16.4. The molecule has 9 heteroatoms. The Bertz CT molecular complexity index is 1450. The molecule has 34 heavy (non-hydrogen) atoms. The van der Waals surface area contributed by atoms with Gasteiger partial charge < -0.3 is 14.9 Å². The average molecular weight is 493 g/mol. The molecule has 2 heterocycles. The van der Waals surface area contributed by atoms with Crippen LogP contribution >= 0.6 is 22.9 Å². The van der Waals surface area contributed by atoms with Crippen molar-refractivity contribution in [2.75, 3.05) is 12.0 Å². The number of benzene rings is 3. The highest BCUT2D eigenvalue weighted by atomic mass is 35.5. The van der Waals surface area contributed by atoms with Crippen LogP contribution in [0.25, 0.3) is 16.0 Å². The summed E-state index contributed by atoms with van der Waals surface area (Å²) in [4.78, 5) is 32.4. The highest BCUT2D eigenvalue weighted by Crippen LogP contribution is 2.45. The SMILES string of the molecule is COc1cc(C2/C(=C(/O)c3ccc(Cl)cc3)C(=O)C(=O)N2c2nc3ccccc3s2)ccc1O. The second kappa shape index (κ2) is 8.48.